The molecular formula is C17H15F2N3O3. The summed E-state index contributed by atoms with van der Waals surface area (Å²) in [7, 11) is 0. The summed E-state index contributed by atoms with van der Waals surface area (Å²) in [6.45, 7) is -0.995. The van der Waals surface area contributed by atoms with E-state index in [4.69, 9.17) is 0 Å². The van der Waals surface area contributed by atoms with Crippen LogP contribution in [0.1, 0.15) is 11.1 Å². The minimum atomic E-state index is -2.90. The van der Waals surface area contributed by atoms with Crippen LogP contribution in [0.5, 0.6) is 5.75 Å². The molecule has 6 nitrogen and oxygen atoms in total. The van der Waals surface area contributed by atoms with Crippen molar-refractivity contribution in [1.82, 2.24) is 5.43 Å². The van der Waals surface area contributed by atoms with Gasteiger partial charge >= 0.3 is 18.4 Å². The van der Waals surface area contributed by atoms with Crippen molar-refractivity contribution >= 4 is 23.7 Å². The Morgan fingerprint density at radius 2 is 1.68 bits per heavy atom. The third kappa shape index (κ3) is 6.02. The highest BCUT2D eigenvalue weighted by molar-refractivity contribution is 6.39. The first-order chi connectivity index (χ1) is 11.9. The van der Waals surface area contributed by atoms with Crippen LogP contribution in [0, 0.1) is 6.92 Å². The van der Waals surface area contributed by atoms with E-state index < -0.39 is 18.4 Å². The molecule has 2 amide bonds. The zero-order chi connectivity index (χ0) is 18.2. The SMILES string of the molecule is Cc1ccc(NC(=O)C(=O)N/N=C\c2ccc(OC(F)F)cc2)cc1. The zero-order valence-electron chi connectivity index (χ0n) is 13.2. The third-order valence-corrected chi connectivity index (χ3v) is 3.00. The number of benzene rings is 2. The molecule has 0 aliphatic rings. The molecule has 0 unspecified atom stereocenters. The highest BCUT2D eigenvalue weighted by atomic mass is 19.3. The van der Waals surface area contributed by atoms with Crippen LogP contribution in [0.3, 0.4) is 0 Å². The summed E-state index contributed by atoms with van der Waals surface area (Å²) in [6, 6.07) is 12.6. The minimum absolute atomic E-state index is 0.00802. The number of hydrazone groups is 1. The number of hydrogen-bond acceptors (Lipinski definition) is 4. The van der Waals surface area contributed by atoms with Crippen molar-refractivity contribution in [3.8, 4) is 5.75 Å². The topological polar surface area (TPSA) is 79.8 Å². The molecule has 0 spiro atoms. The maximum absolute atomic E-state index is 12.0. The predicted octanol–water partition coefficient (Wildman–Crippen LogP) is 2.69. The van der Waals surface area contributed by atoms with E-state index in [1.807, 2.05) is 6.92 Å². The van der Waals surface area contributed by atoms with E-state index in [0.29, 0.717) is 11.3 Å². The molecule has 0 atom stereocenters. The molecule has 0 radical (unpaired) electrons. The number of halogens is 2. The van der Waals surface area contributed by atoms with Gasteiger partial charge in [0.1, 0.15) is 5.75 Å². The summed E-state index contributed by atoms with van der Waals surface area (Å²) >= 11 is 0. The van der Waals surface area contributed by atoms with Crippen LogP contribution in [-0.2, 0) is 9.59 Å². The van der Waals surface area contributed by atoms with Crippen molar-refractivity contribution in [3.63, 3.8) is 0 Å². The van der Waals surface area contributed by atoms with Crippen molar-refractivity contribution < 1.29 is 23.1 Å². The van der Waals surface area contributed by atoms with Crippen molar-refractivity contribution in [3.05, 3.63) is 59.7 Å². The summed E-state index contributed by atoms with van der Waals surface area (Å²) in [5, 5.41) is 6.07. The Morgan fingerprint density at radius 1 is 1.04 bits per heavy atom. The van der Waals surface area contributed by atoms with Crippen molar-refractivity contribution in [2.45, 2.75) is 13.5 Å². The van der Waals surface area contributed by atoms with Gasteiger partial charge in [0.05, 0.1) is 6.21 Å². The molecule has 130 valence electrons. The fourth-order valence-electron chi connectivity index (χ4n) is 1.78. The van der Waals surface area contributed by atoms with Crippen molar-refractivity contribution in [2.24, 2.45) is 5.10 Å². The van der Waals surface area contributed by atoms with E-state index in [2.05, 4.69) is 20.6 Å². The number of carbonyl (C=O) groups excluding carboxylic acids is 2. The predicted molar refractivity (Wildman–Crippen MR) is 88.6 cm³/mol. The van der Waals surface area contributed by atoms with E-state index in [-0.39, 0.29) is 5.75 Å². The van der Waals surface area contributed by atoms with E-state index in [9.17, 15) is 18.4 Å². The van der Waals surface area contributed by atoms with Crippen LogP contribution in [0.25, 0.3) is 0 Å². The third-order valence-electron chi connectivity index (χ3n) is 3.00. The molecule has 0 aliphatic carbocycles. The Balaban J connectivity index is 1.84. The second kappa shape index (κ2) is 8.53. The lowest BCUT2D eigenvalue weighted by atomic mass is 10.2. The smallest absolute Gasteiger partial charge is 0.387 e. The molecule has 0 heterocycles. The zero-order valence-corrected chi connectivity index (χ0v) is 13.2. The van der Waals surface area contributed by atoms with Crippen molar-refractivity contribution in [1.29, 1.82) is 0 Å². The number of hydrogen-bond donors (Lipinski definition) is 2. The van der Waals surface area contributed by atoms with E-state index in [0.717, 1.165) is 5.56 Å². The lowest BCUT2D eigenvalue weighted by Gasteiger charge is -2.04. The molecule has 2 rings (SSSR count). The first-order valence-electron chi connectivity index (χ1n) is 7.20. The molecule has 2 N–H and O–H groups in total. The molecule has 2 aromatic carbocycles. The monoisotopic (exact) mass is 347 g/mol. The number of rotatable bonds is 5. The second-order valence-corrected chi connectivity index (χ2v) is 4.97. The van der Waals surface area contributed by atoms with Gasteiger partial charge in [-0.3, -0.25) is 9.59 Å². The fraction of sp³-hybridized carbons (Fsp3) is 0.118. The van der Waals surface area contributed by atoms with Crippen molar-refractivity contribution in [2.75, 3.05) is 5.32 Å². The van der Waals surface area contributed by atoms with Crippen LogP contribution < -0.4 is 15.5 Å². The Labute approximate surface area is 142 Å². The number of carbonyl (C=O) groups is 2. The fourth-order valence-corrected chi connectivity index (χ4v) is 1.78. The second-order valence-electron chi connectivity index (χ2n) is 4.97. The number of ether oxygens (including phenoxy) is 1. The van der Waals surface area contributed by atoms with Gasteiger partial charge in [-0.2, -0.15) is 13.9 Å². The Hall–Kier alpha value is -3.29. The van der Waals surface area contributed by atoms with E-state index in [1.54, 1.807) is 24.3 Å². The van der Waals surface area contributed by atoms with Gasteiger partial charge in [0, 0.05) is 5.69 Å². The average Bonchev–Trinajstić information content (AvgIpc) is 2.58. The highest BCUT2D eigenvalue weighted by Crippen LogP contribution is 2.13. The number of nitrogens with one attached hydrogen (secondary N) is 2. The molecule has 0 saturated heterocycles. The lowest BCUT2D eigenvalue weighted by molar-refractivity contribution is -0.136. The molecule has 8 heteroatoms. The van der Waals surface area contributed by atoms with Gasteiger partial charge in [-0.1, -0.05) is 17.7 Å². The average molecular weight is 347 g/mol. The van der Waals surface area contributed by atoms with Gasteiger partial charge in [-0.15, -0.1) is 0 Å². The molecule has 0 bridgehead atoms. The minimum Gasteiger partial charge on any atom is -0.435 e. The van der Waals surface area contributed by atoms with Gasteiger partial charge < -0.3 is 10.1 Å². The molecule has 0 fully saturated rings. The van der Waals surface area contributed by atoms with Gasteiger partial charge in [0.25, 0.3) is 0 Å². The summed E-state index contributed by atoms with van der Waals surface area (Å²) in [5.74, 6) is -1.79. The van der Waals surface area contributed by atoms with E-state index in [1.165, 1.54) is 30.5 Å². The van der Waals surface area contributed by atoms with Gasteiger partial charge in [0.15, 0.2) is 0 Å². The Kier molecular flexibility index (Phi) is 6.16. The normalized spacial score (nSPS) is 10.7. The van der Waals surface area contributed by atoms with Crippen LogP contribution in [0.2, 0.25) is 0 Å². The number of aryl methyl sites for hydroxylation is 1. The van der Waals surface area contributed by atoms with Gasteiger partial charge in [-0.05, 0) is 48.9 Å². The molecule has 2 aromatic rings. The molecule has 0 aromatic heterocycles. The largest absolute Gasteiger partial charge is 0.435 e. The molecule has 0 aliphatic heterocycles. The number of anilines is 1. The first-order valence-corrected chi connectivity index (χ1v) is 7.20. The van der Waals surface area contributed by atoms with Crippen LogP contribution in [-0.4, -0.2) is 24.6 Å². The maximum atomic E-state index is 12.0. The van der Waals surface area contributed by atoms with Crippen LogP contribution >= 0.6 is 0 Å². The first kappa shape index (κ1) is 18.1. The summed E-state index contributed by atoms with van der Waals surface area (Å²) in [5.41, 5.74) is 4.12. The summed E-state index contributed by atoms with van der Waals surface area (Å²) < 4.78 is 28.3. The lowest BCUT2D eigenvalue weighted by Crippen LogP contribution is -2.32. The molecule has 25 heavy (non-hydrogen) atoms. The number of alkyl halides is 2. The Bertz CT molecular complexity index is 760. The van der Waals surface area contributed by atoms with E-state index >= 15 is 0 Å². The Morgan fingerprint density at radius 3 is 2.28 bits per heavy atom. The number of amides is 2. The summed E-state index contributed by atoms with van der Waals surface area (Å²) in [6.07, 6.45) is 1.27. The quantitative estimate of drug-likeness (QED) is 0.496. The molecular weight excluding hydrogens is 332 g/mol. The maximum Gasteiger partial charge on any atom is 0.387 e. The summed E-state index contributed by atoms with van der Waals surface area (Å²) in [4.78, 5) is 23.3. The van der Waals surface area contributed by atoms with Gasteiger partial charge in [-0.25, -0.2) is 5.43 Å². The van der Waals surface area contributed by atoms with Crippen LogP contribution in [0.15, 0.2) is 53.6 Å². The number of nitrogens with zero attached hydrogens (tertiary/aromatic N) is 1. The highest BCUT2D eigenvalue weighted by Gasteiger charge is 2.12. The standard InChI is InChI=1S/C17H15F2N3O3/c1-11-2-6-13(7-3-11)21-15(23)16(24)22-20-10-12-4-8-14(9-5-12)25-17(18)19/h2-10,17H,1H3,(H,21,23)(H,22,24)/b20-10-. The molecule has 0 saturated carbocycles. The van der Waals surface area contributed by atoms with Crippen LogP contribution in [0.4, 0.5) is 14.5 Å². The van der Waals surface area contributed by atoms with Gasteiger partial charge in [0.2, 0.25) is 0 Å².